The highest BCUT2D eigenvalue weighted by Crippen LogP contribution is 2.20. The molecule has 0 fully saturated rings. The molecule has 0 aromatic heterocycles. The van der Waals surface area contributed by atoms with E-state index in [4.69, 9.17) is 40.2 Å². The number of rotatable bonds is 31. The maximum atomic E-state index is 12.7. The molecule has 0 spiro atoms. The Morgan fingerprint density at radius 2 is 1.10 bits per heavy atom. The Labute approximate surface area is 467 Å². The van der Waals surface area contributed by atoms with Crippen molar-refractivity contribution in [3.8, 4) is 0 Å². The van der Waals surface area contributed by atoms with Crippen LogP contribution in [0, 0.1) is 0 Å². The molecule has 432 valence electrons. The third-order valence-electron chi connectivity index (χ3n) is 13.3. The van der Waals surface area contributed by atoms with Crippen molar-refractivity contribution in [3.05, 3.63) is 142 Å². The van der Waals surface area contributed by atoms with Gasteiger partial charge in [-0.25, -0.2) is 0 Å². The van der Waals surface area contributed by atoms with E-state index in [-0.39, 0.29) is 43.2 Å². The molecule has 2 aromatic carbocycles. The van der Waals surface area contributed by atoms with Crippen LogP contribution in [0.3, 0.4) is 0 Å². The first-order valence-corrected chi connectivity index (χ1v) is 29.1. The smallest absolute Gasteiger partial charge is 0.251 e. The van der Waals surface area contributed by atoms with Crippen LogP contribution in [0.5, 0.6) is 0 Å². The van der Waals surface area contributed by atoms with Gasteiger partial charge in [0.2, 0.25) is 0 Å². The van der Waals surface area contributed by atoms with Crippen LogP contribution in [-0.2, 0) is 18.9 Å². The van der Waals surface area contributed by atoms with Crippen LogP contribution in [0.15, 0.2) is 121 Å². The summed E-state index contributed by atoms with van der Waals surface area (Å²) in [4.78, 5) is 30.3. The van der Waals surface area contributed by atoms with Crippen molar-refractivity contribution in [3.63, 3.8) is 0 Å². The van der Waals surface area contributed by atoms with Crippen molar-refractivity contribution < 1.29 is 38.7 Å². The fourth-order valence-corrected chi connectivity index (χ4v) is 8.94. The number of amides is 2. The highest BCUT2D eigenvalue weighted by atomic mass is 16.5. The maximum Gasteiger partial charge on any atom is 0.251 e. The molecule has 5 rings (SSSR count). The highest BCUT2D eigenvalue weighted by Gasteiger charge is 2.16. The van der Waals surface area contributed by atoms with Crippen LogP contribution in [0.1, 0.15) is 188 Å². The van der Waals surface area contributed by atoms with Gasteiger partial charge in [0.15, 0.2) is 0 Å². The number of nitrogens with one attached hydrogen (secondary N) is 2. The predicted molar refractivity (Wildman–Crippen MR) is 316 cm³/mol. The average molecular weight is 1080 g/mol. The van der Waals surface area contributed by atoms with Crippen LogP contribution in [0.2, 0.25) is 0 Å². The molecule has 3 aliphatic carbocycles. The molecule has 2 aromatic rings. The lowest BCUT2D eigenvalue weighted by Crippen LogP contribution is -2.34. The molecule has 0 aliphatic heterocycles. The summed E-state index contributed by atoms with van der Waals surface area (Å²) in [6.07, 6.45) is 47.1. The van der Waals surface area contributed by atoms with Crippen LogP contribution in [0.25, 0.3) is 20.9 Å². The zero-order valence-electron chi connectivity index (χ0n) is 47.0. The van der Waals surface area contributed by atoms with Gasteiger partial charge in [-0.15, -0.1) is 13.2 Å². The minimum absolute atomic E-state index is 0.0264. The predicted octanol–water partition coefficient (Wildman–Crippen LogP) is 15.4. The van der Waals surface area contributed by atoms with Crippen molar-refractivity contribution in [2.24, 2.45) is 10.2 Å². The summed E-state index contributed by atoms with van der Waals surface area (Å²) in [5.41, 5.74) is 19.0. The first-order chi connectivity index (χ1) is 38.4. The molecule has 78 heavy (non-hydrogen) atoms. The maximum absolute atomic E-state index is 12.7. The molecule has 16 nitrogen and oxygen atoms in total. The Morgan fingerprint density at radius 1 is 0.577 bits per heavy atom. The second kappa shape index (κ2) is 49.7. The Morgan fingerprint density at radius 3 is 1.69 bits per heavy atom. The van der Waals surface area contributed by atoms with Gasteiger partial charge in [-0.2, -0.15) is 0 Å². The monoisotopic (exact) mass is 1080 g/mol. The second-order valence-electron chi connectivity index (χ2n) is 19.6. The highest BCUT2D eigenvalue weighted by molar-refractivity contribution is 5.95. The fourth-order valence-electron chi connectivity index (χ4n) is 8.94. The van der Waals surface area contributed by atoms with Gasteiger partial charge in [0.1, 0.15) is 0 Å². The van der Waals surface area contributed by atoms with E-state index in [9.17, 15) is 9.59 Å². The summed E-state index contributed by atoms with van der Waals surface area (Å²) in [5, 5.41) is 30.6. The van der Waals surface area contributed by atoms with E-state index in [0.717, 1.165) is 116 Å². The van der Waals surface area contributed by atoms with Crippen molar-refractivity contribution >= 4 is 23.2 Å². The normalized spacial score (nSPS) is 17.7. The quantitative estimate of drug-likeness (QED) is 0.0186. The zero-order chi connectivity index (χ0) is 56.2. The molecule has 0 saturated carbocycles. The molecule has 0 bridgehead atoms. The molecular weight excluding hydrogens is 985 g/mol. The Kier molecular flexibility index (Phi) is 43.7. The SMILES string of the molecule is C1=CCCCCCC1.C=CCCCC(CCCCCC(CCC=C)OCCOCCO)NC(=O)c1ccc(N=[N+]=[N-])cc1.OCCOCCOC1CC/C=C\CCC1.[N-]=[N+]=Nc1ccc(C(=O)NC2CC/C=C\CCC2)cc1. The van der Waals surface area contributed by atoms with E-state index in [1.165, 1.54) is 51.4 Å². The van der Waals surface area contributed by atoms with Gasteiger partial charge in [-0.1, -0.05) is 115 Å². The van der Waals surface area contributed by atoms with Crippen LogP contribution in [-0.4, -0.2) is 99.2 Å². The molecule has 4 atom stereocenters. The number of ether oxygens (including phenoxy) is 4. The number of hydrogen-bond acceptors (Lipinski definition) is 10. The Balaban J connectivity index is 0.000000402. The summed E-state index contributed by atoms with van der Waals surface area (Å²) in [5.74, 6) is -0.172. The van der Waals surface area contributed by atoms with Gasteiger partial charge in [0, 0.05) is 44.4 Å². The number of unbranched alkanes of at least 4 members (excludes halogenated alkanes) is 3. The lowest BCUT2D eigenvalue weighted by atomic mass is 10.00. The van der Waals surface area contributed by atoms with E-state index in [1.54, 1.807) is 48.5 Å². The third-order valence-corrected chi connectivity index (χ3v) is 13.3. The van der Waals surface area contributed by atoms with E-state index >= 15 is 0 Å². The summed E-state index contributed by atoms with van der Waals surface area (Å²) in [7, 11) is 0. The van der Waals surface area contributed by atoms with E-state index in [0.29, 0.717) is 68.2 Å². The summed E-state index contributed by atoms with van der Waals surface area (Å²) in [6, 6.07) is 13.7. The van der Waals surface area contributed by atoms with Crippen LogP contribution < -0.4 is 10.6 Å². The van der Waals surface area contributed by atoms with Gasteiger partial charge < -0.3 is 39.8 Å². The minimum Gasteiger partial charge on any atom is -0.394 e. The number of azide groups is 2. The molecule has 2 amide bonds. The molecule has 16 heteroatoms. The first kappa shape index (κ1) is 68.6. The van der Waals surface area contributed by atoms with Gasteiger partial charge in [0.05, 0.1) is 65.1 Å². The van der Waals surface area contributed by atoms with Gasteiger partial charge in [-0.05, 0) is 170 Å². The second-order valence-corrected chi connectivity index (χ2v) is 19.6. The minimum atomic E-state index is -0.109. The number of carbonyl (C=O) groups excluding carboxylic acids is 2. The summed E-state index contributed by atoms with van der Waals surface area (Å²) in [6.45, 7) is 10.7. The molecule has 0 radical (unpaired) electrons. The van der Waals surface area contributed by atoms with Gasteiger partial charge in [-0.3, -0.25) is 9.59 Å². The lowest BCUT2D eigenvalue weighted by molar-refractivity contribution is -0.00889. The topological polar surface area (TPSA) is 233 Å². The standard InChI is InChI=1S/C27H42N4O4.C15H18N4O.C12H22O3.C8H14/c1-3-5-8-11-24(29-27(33)23-15-17-25(18-16-23)30-31-28)12-9-7-10-14-26(13-6-4-2)35-22-21-34-20-19-32;16-19-18-14-10-8-12(9-11-14)15(20)17-13-6-4-2-1-3-5-7-13;13-8-9-14-10-11-15-12-6-4-2-1-3-5-7-12;1-2-4-6-8-7-5-3-1/h3-4,15-18,24,26,32H,1-2,5-14,19-22H2,(H,29,33);1-2,8-11,13H,3-7H2,(H,17,20);1-2,12-13H,3-11H2;1-2H,3-8H2/b;2*2-1-;. The fraction of sp³-hybridized carbons (Fsp3) is 0.613. The largest absolute Gasteiger partial charge is 0.394 e. The molecule has 0 saturated heterocycles. The number of nitrogens with zero attached hydrogens (tertiary/aromatic N) is 6. The Bertz CT molecular complexity index is 2030. The van der Waals surface area contributed by atoms with Crippen molar-refractivity contribution in [1.29, 1.82) is 0 Å². The van der Waals surface area contributed by atoms with E-state index in [2.05, 4.69) is 80.3 Å². The summed E-state index contributed by atoms with van der Waals surface area (Å²) < 4.78 is 22.1. The molecule has 3 aliphatic rings. The average Bonchev–Trinajstić information content (AvgIpc) is 3.42. The van der Waals surface area contributed by atoms with E-state index in [1.807, 2.05) is 12.2 Å². The number of allylic oxidation sites excluding steroid dienone is 8. The number of aliphatic hydroxyl groups is 2. The number of hydrogen-bond donors (Lipinski definition) is 4. The molecule has 4 N–H and O–H groups in total. The number of carbonyl (C=O) groups is 2. The van der Waals surface area contributed by atoms with Crippen molar-refractivity contribution in [2.45, 2.75) is 191 Å². The molecule has 4 unspecified atom stereocenters. The van der Waals surface area contributed by atoms with Crippen LogP contribution in [0.4, 0.5) is 11.4 Å². The number of benzene rings is 2. The lowest BCUT2D eigenvalue weighted by Gasteiger charge is -2.20. The van der Waals surface area contributed by atoms with Crippen molar-refractivity contribution in [2.75, 3.05) is 52.9 Å². The van der Waals surface area contributed by atoms with Crippen molar-refractivity contribution in [1.82, 2.24) is 10.6 Å². The van der Waals surface area contributed by atoms with Crippen LogP contribution >= 0.6 is 0 Å². The first-order valence-electron chi connectivity index (χ1n) is 29.1. The summed E-state index contributed by atoms with van der Waals surface area (Å²) >= 11 is 0. The third kappa shape index (κ3) is 37.3. The van der Waals surface area contributed by atoms with Gasteiger partial charge >= 0.3 is 0 Å². The van der Waals surface area contributed by atoms with Gasteiger partial charge in [0.25, 0.3) is 11.8 Å². The zero-order valence-corrected chi connectivity index (χ0v) is 47.0. The molecule has 0 heterocycles. The Hall–Kier alpha value is -5.54. The van der Waals surface area contributed by atoms with E-state index < -0.39 is 0 Å². The molecular formula is C62H96N8O8. The number of aliphatic hydroxyl groups excluding tert-OH is 2.